The Morgan fingerprint density at radius 3 is 2.11 bits per heavy atom. The topological polar surface area (TPSA) is 66.4 Å². The first kappa shape index (κ1) is 14.0. The van der Waals surface area contributed by atoms with Gasteiger partial charge in [-0.15, -0.1) is 0 Å². The molecule has 0 fully saturated rings. The first-order valence-electron chi connectivity index (χ1n) is 5.76. The largest absolute Gasteiger partial charge is 0.478 e. The molecule has 0 aromatic heterocycles. The number of aliphatic carboxylic acids is 1. The van der Waals surface area contributed by atoms with Gasteiger partial charge in [0.1, 0.15) is 0 Å². The lowest BCUT2D eigenvalue weighted by atomic mass is 10.1. The fraction of sp³-hybridized carbons (Fsp3) is 0.286. The van der Waals surface area contributed by atoms with Crippen LogP contribution in [-0.2, 0) is 16.0 Å². The summed E-state index contributed by atoms with van der Waals surface area (Å²) >= 11 is 0. The molecule has 18 heavy (non-hydrogen) atoms. The molecule has 1 amide bonds. The number of carbonyl (C=O) groups is 2. The summed E-state index contributed by atoms with van der Waals surface area (Å²) in [5, 5.41) is 11.5. The number of carboxylic acid groups (broad SMARTS) is 1. The van der Waals surface area contributed by atoms with Crippen LogP contribution in [0.2, 0.25) is 0 Å². The lowest BCUT2D eigenvalue weighted by molar-refractivity contribution is -0.133. The molecule has 0 bridgehead atoms. The number of benzene rings is 1. The van der Waals surface area contributed by atoms with Gasteiger partial charge in [-0.2, -0.15) is 0 Å². The number of aryl methyl sites for hydroxylation is 1. The van der Waals surface area contributed by atoms with Gasteiger partial charge in [-0.05, 0) is 38.0 Å². The fourth-order valence-corrected chi connectivity index (χ4v) is 1.38. The highest BCUT2D eigenvalue weighted by atomic mass is 16.4. The third kappa shape index (κ3) is 3.45. The van der Waals surface area contributed by atoms with E-state index >= 15 is 0 Å². The molecule has 4 nitrogen and oxygen atoms in total. The van der Waals surface area contributed by atoms with E-state index in [2.05, 4.69) is 12.2 Å². The molecule has 0 aliphatic heterocycles. The van der Waals surface area contributed by atoms with E-state index < -0.39 is 5.97 Å². The minimum Gasteiger partial charge on any atom is -0.478 e. The zero-order chi connectivity index (χ0) is 13.7. The normalized spacial score (nSPS) is 11.7. The highest BCUT2D eigenvalue weighted by molar-refractivity contribution is 6.08. The number of rotatable bonds is 4. The van der Waals surface area contributed by atoms with Crippen LogP contribution in [0.3, 0.4) is 0 Å². The Bertz CT molecular complexity index is 486. The molecular formula is C14H17NO3. The molecule has 0 aliphatic carbocycles. The number of hydrogen-bond donors (Lipinski definition) is 2. The van der Waals surface area contributed by atoms with Crippen LogP contribution in [0.5, 0.6) is 0 Å². The van der Waals surface area contributed by atoms with Gasteiger partial charge in [0, 0.05) is 16.8 Å². The van der Waals surface area contributed by atoms with Crippen LogP contribution in [0.1, 0.15) is 26.3 Å². The number of hydrogen-bond acceptors (Lipinski definition) is 2. The van der Waals surface area contributed by atoms with E-state index in [0.717, 1.165) is 6.42 Å². The quantitative estimate of drug-likeness (QED) is 0.804. The number of anilines is 1. The second-order valence-electron chi connectivity index (χ2n) is 4.06. The predicted octanol–water partition coefficient (Wildman–Crippen LogP) is 2.61. The molecular weight excluding hydrogens is 230 g/mol. The Hall–Kier alpha value is -2.10. The van der Waals surface area contributed by atoms with Crippen molar-refractivity contribution in [3.05, 3.63) is 41.0 Å². The molecule has 1 rings (SSSR count). The van der Waals surface area contributed by atoms with Gasteiger partial charge in [0.2, 0.25) is 0 Å². The molecule has 0 saturated carbocycles. The summed E-state index contributed by atoms with van der Waals surface area (Å²) in [5.74, 6) is -1.47. The molecule has 0 atom stereocenters. The van der Waals surface area contributed by atoms with Crippen molar-refractivity contribution in [1.29, 1.82) is 0 Å². The summed E-state index contributed by atoms with van der Waals surface area (Å²) in [6, 6.07) is 7.47. The van der Waals surface area contributed by atoms with Gasteiger partial charge in [0.15, 0.2) is 0 Å². The van der Waals surface area contributed by atoms with Gasteiger partial charge in [0.25, 0.3) is 5.91 Å². The van der Waals surface area contributed by atoms with Gasteiger partial charge >= 0.3 is 5.97 Å². The van der Waals surface area contributed by atoms with Gasteiger partial charge < -0.3 is 10.4 Å². The Kier molecular flexibility index (Phi) is 4.66. The molecule has 4 heteroatoms. The Morgan fingerprint density at radius 2 is 1.67 bits per heavy atom. The van der Waals surface area contributed by atoms with Crippen LogP contribution >= 0.6 is 0 Å². The lowest BCUT2D eigenvalue weighted by Gasteiger charge is -2.07. The maximum Gasteiger partial charge on any atom is 0.331 e. The van der Waals surface area contributed by atoms with Gasteiger partial charge in [-0.3, -0.25) is 4.79 Å². The van der Waals surface area contributed by atoms with Gasteiger partial charge in [0.05, 0.1) is 0 Å². The summed E-state index contributed by atoms with van der Waals surface area (Å²) in [4.78, 5) is 22.5. The summed E-state index contributed by atoms with van der Waals surface area (Å²) in [6.07, 6.45) is 0.936. The minimum absolute atomic E-state index is 0.0534. The third-order valence-corrected chi connectivity index (χ3v) is 2.84. The van der Waals surface area contributed by atoms with E-state index in [0.29, 0.717) is 5.69 Å². The van der Waals surface area contributed by atoms with Crippen LogP contribution in [0.4, 0.5) is 5.69 Å². The molecule has 0 radical (unpaired) electrons. The summed E-state index contributed by atoms with van der Waals surface area (Å²) < 4.78 is 0. The van der Waals surface area contributed by atoms with E-state index in [1.54, 1.807) is 12.1 Å². The van der Waals surface area contributed by atoms with Crippen LogP contribution in [0.25, 0.3) is 0 Å². The Labute approximate surface area is 106 Å². The van der Waals surface area contributed by atoms with Crippen LogP contribution in [0, 0.1) is 0 Å². The predicted molar refractivity (Wildman–Crippen MR) is 70.5 cm³/mol. The Balaban J connectivity index is 2.81. The second kappa shape index (κ2) is 6.00. The highest BCUT2D eigenvalue weighted by Gasteiger charge is 2.12. The van der Waals surface area contributed by atoms with Crippen molar-refractivity contribution in [2.75, 3.05) is 5.32 Å². The van der Waals surface area contributed by atoms with Crippen molar-refractivity contribution in [1.82, 2.24) is 0 Å². The van der Waals surface area contributed by atoms with Crippen LogP contribution < -0.4 is 5.32 Å². The van der Waals surface area contributed by atoms with E-state index in [4.69, 9.17) is 5.11 Å². The summed E-state index contributed by atoms with van der Waals surface area (Å²) in [7, 11) is 0. The average Bonchev–Trinajstić information content (AvgIpc) is 2.37. The number of carbonyl (C=O) groups excluding carboxylic acids is 1. The Morgan fingerprint density at radius 1 is 1.11 bits per heavy atom. The van der Waals surface area contributed by atoms with Crippen molar-refractivity contribution < 1.29 is 14.7 Å². The first-order chi connectivity index (χ1) is 8.45. The maximum absolute atomic E-state index is 11.8. The van der Waals surface area contributed by atoms with E-state index in [1.165, 1.54) is 19.4 Å². The zero-order valence-corrected chi connectivity index (χ0v) is 10.8. The molecule has 1 aromatic rings. The van der Waals surface area contributed by atoms with Crippen LogP contribution in [0.15, 0.2) is 35.4 Å². The SMILES string of the molecule is CCc1ccc(NC(=O)C(C)=C(C)C(=O)O)cc1. The molecule has 2 N–H and O–H groups in total. The van der Waals surface area contributed by atoms with Crippen molar-refractivity contribution >= 4 is 17.6 Å². The van der Waals surface area contributed by atoms with Gasteiger partial charge in [-0.1, -0.05) is 19.1 Å². The number of carboxylic acids is 1. The van der Waals surface area contributed by atoms with Crippen molar-refractivity contribution in [2.45, 2.75) is 27.2 Å². The highest BCUT2D eigenvalue weighted by Crippen LogP contribution is 2.12. The zero-order valence-electron chi connectivity index (χ0n) is 10.8. The van der Waals surface area contributed by atoms with Crippen LogP contribution in [-0.4, -0.2) is 17.0 Å². The number of amides is 1. The molecule has 96 valence electrons. The molecule has 0 unspecified atom stereocenters. The molecule has 0 spiro atoms. The molecule has 1 aromatic carbocycles. The standard InChI is InChI=1S/C14H17NO3/c1-4-11-5-7-12(8-6-11)15-13(16)9(2)10(3)14(17)18/h5-8H,4H2,1-3H3,(H,15,16)(H,17,18). The van der Waals surface area contributed by atoms with Crippen molar-refractivity contribution in [3.8, 4) is 0 Å². The maximum atomic E-state index is 11.8. The van der Waals surface area contributed by atoms with Gasteiger partial charge in [-0.25, -0.2) is 4.79 Å². The molecule has 0 saturated heterocycles. The molecule has 0 heterocycles. The smallest absolute Gasteiger partial charge is 0.331 e. The summed E-state index contributed by atoms with van der Waals surface area (Å²) in [6.45, 7) is 4.97. The number of nitrogens with one attached hydrogen (secondary N) is 1. The summed E-state index contributed by atoms with van der Waals surface area (Å²) in [5.41, 5.74) is 2.11. The average molecular weight is 247 g/mol. The van der Waals surface area contributed by atoms with Crippen molar-refractivity contribution in [3.63, 3.8) is 0 Å². The van der Waals surface area contributed by atoms with E-state index in [9.17, 15) is 9.59 Å². The fourth-order valence-electron chi connectivity index (χ4n) is 1.38. The van der Waals surface area contributed by atoms with E-state index in [1.807, 2.05) is 12.1 Å². The monoisotopic (exact) mass is 247 g/mol. The van der Waals surface area contributed by atoms with E-state index in [-0.39, 0.29) is 17.1 Å². The second-order valence-corrected chi connectivity index (χ2v) is 4.06. The molecule has 0 aliphatic rings. The minimum atomic E-state index is -1.08. The lowest BCUT2D eigenvalue weighted by Crippen LogP contribution is -2.16. The third-order valence-electron chi connectivity index (χ3n) is 2.84. The first-order valence-corrected chi connectivity index (χ1v) is 5.76. The van der Waals surface area contributed by atoms with Crippen molar-refractivity contribution in [2.24, 2.45) is 0 Å².